The number of benzene rings is 1. The molecular weight excluding hydrogens is 286 g/mol. The van der Waals surface area contributed by atoms with Crippen LogP contribution in [0.25, 0.3) is 0 Å². The summed E-state index contributed by atoms with van der Waals surface area (Å²) >= 11 is 0. The average molecular weight is 303 g/mol. The molecule has 0 aromatic heterocycles. The number of esters is 1. The SMILES string of the molecule is COC(=O)Cc1ccc(S(=O)(=O)NCC(O)CO)cc1. The molecule has 0 saturated carbocycles. The Hall–Kier alpha value is -1.48. The van der Waals surface area contributed by atoms with Gasteiger partial charge in [-0.1, -0.05) is 12.1 Å². The van der Waals surface area contributed by atoms with Crippen LogP contribution in [0, 0.1) is 0 Å². The molecule has 8 heteroatoms. The van der Waals surface area contributed by atoms with E-state index in [9.17, 15) is 13.2 Å². The van der Waals surface area contributed by atoms with Crippen LogP contribution in [0.2, 0.25) is 0 Å². The molecule has 0 aliphatic heterocycles. The van der Waals surface area contributed by atoms with E-state index >= 15 is 0 Å². The van der Waals surface area contributed by atoms with E-state index in [2.05, 4.69) is 9.46 Å². The maximum absolute atomic E-state index is 11.8. The van der Waals surface area contributed by atoms with Gasteiger partial charge in [0.15, 0.2) is 0 Å². The molecular formula is C12H17NO6S. The monoisotopic (exact) mass is 303 g/mol. The lowest BCUT2D eigenvalue weighted by Gasteiger charge is -2.10. The number of ether oxygens (including phenoxy) is 1. The number of sulfonamides is 1. The topological polar surface area (TPSA) is 113 Å². The van der Waals surface area contributed by atoms with Gasteiger partial charge in [0, 0.05) is 6.54 Å². The Morgan fingerprint density at radius 3 is 2.45 bits per heavy atom. The highest BCUT2D eigenvalue weighted by Crippen LogP contribution is 2.11. The van der Waals surface area contributed by atoms with Gasteiger partial charge in [-0.15, -0.1) is 0 Å². The predicted molar refractivity (Wildman–Crippen MR) is 70.4 cm³/mol. The Morgan fingerprint density at radius 2 is 1.95 bits per heavy atom. The molecule has 0 fully saturated rings. The summed E-state index contributed by atoms with van der Waals surface area (Å²) in [5, 5.41) is 17.7. The first kappa shape index (κ1) is 16.6. The van der Waals surface area contributed by atoms with Crippen molar-refractivity contribution in [2.45, 2.75) is 17.4 Å². The van der Waals surface area contributed by atoms with Crippen LogP contribution in [0.3, 0.4) is 0 Å². The number of hydrogen-bond donors (Lipinski definition) is 3. The third kappa shape index (κ3) is 4.89. The molecule has 0 saturated heterocycles. The molecule has 1 aromatic carbocycles. The fourth-order valence-electron chi connectivity index (χ4n) is 1.38. The Labute approximate surface area is 117 Å². The highest BCUT2D eigenvalue weighted by molar-refractivity contribution is 7.89. The van der Waals surface area contributed by atoms with Gasteiger partial charge in [-0.2, -0.15) is 0 Å². The van der Waals surface area contributed by atoms with E-state index in [4.69, 9.17) is 10.2 Å². The number of hydrogen-bond acceptors (Lipinski definition) is 6. The molecule has 1 aromatic rings. The van der Waals surface area contributed by atoms with Gasteiger partial charge in [0.25, 0.3) is 0 Å². The maximum atomic E-state index is 11.8. The number of methoxy groups -OCH3 is 1. The van der Waals surface area contributed by atoms with E-state index in [1.54, 1.807) is 0 Å². The number of carbonyl (C=O) groups is 1. The molecule has 1 unspecified atom stereocenters. The zero-order valence-corrected chi connectivity index (χ0v) is 11.8. The summed E-state index contributed by atoms with van der Waals surface area (Å²) in [6, 6.07) is 5.72. The molecule has 20 heavy (non-hydrogen) atoms. The van der Waals surface area contributed by atoms with Crippen molar-refractivity contribution in [2.24, 2.45) is 0 Å². The van der Waals surface area contributed by atoms with Crippen molar-refractivity contribution in [3.05, 3.63) is 29.8 Å². The summed E-state index contributed by atoms with van der Waals surface area (Å²) in [4.78, 5) is 11.1. The molecule has 0 spiro atoms. The first-order valence-corrected chi connectivity index (χ1v) is 7.31. The van der Waals surface area contributed by atoms with Crippen molar-refractivity contribution < 1.29 is 28.2 Å². The minimum absolute atomic E-state index is 0.0104. The molecule has 3 N–H and O–H groups in total. The van der Waals surface area contributed by atoms with Gasteiger partial charge in [0.2, 0.25) is 10.0 Å². The number of carbonyl (C=O) groups excluding carboxylic acids is 1. The molecule has 7 nitrogen and oxygen atoms in total. The molecule has 1 rings (SSSR count). The van der Waals surface area contributed by atoms with Crippen LogP contribution in [-0.4, -0.2) is 51.0 Å². The van der Waals surface area contributed by atoms with Crippen LogP contribution < -0.4 is 4.72 Å². The highest BCUT2D eigenvalue weighted by atomic mass is 32.2. The second-order valence-corrected chi connectivity index (χ2v) is 5.85. The lowest BCUT2D eigenvalue weighted by molar-refractivity contribution is -0.139. The molecule has 0 radical (unpaired) electrons. The molecule has 0 amide bonds. The van der Waals surface area contributed by atoms with Crippen LogP contribution >= 0.6 is 0 Å². The Bertz CT molecular complexity index is 540. The van der Waals surface area contributed by atoms with Crippen LogP contribution in [0.4, 0.5) is 0 Å². The normalized spacial score (nSPS) is 12.9. The molecule has 1 atom stereocenters. The van der Waals surface area contributed by atoms with Gasteiger partial charge in [-0.3, -0.25) is 4.79 Å². The van der Waals surface area contributed by atoms with Crippen molar-refractivity contribution in [3.8, 4) is 0 Å². The first-order chi connectivity index (χ1) is 9.39. The summed E-state index contributed by atoms with van der Waals surface area (Å²) in [5.41, 5.74) is 0.631. The van der Waals surface area contributed by atoms with Crippen molar-refractivity contribution in [1.82, 2.24) is 4.72 Å². The Kier molecular flexibility index (Phi) is 6.08. The van der Waals surface area contributed by atoms with Crippen LogP contribution in [0.1, 0.15) is 5.56 Å². The minimum atomic E-state index is -3.75. The van der Waals surface area contributed by atoms with Gasteiger partial charge in [-0.25, -0.2) is 13.1 Å². The Morgan fingerprint density at radius 1 is 1.35 bits per heavy atom. The summed E-state index contributed by atoms with van der Waals surface area (Å²) < 4.78 is 30.4. The third-order valence-electron chi connectivity index (χ3n) is 2.53. The van der Waals surface area contributed by atoms with Gasteiger partial charge < -0.3 is 14.9 Å². The predicted octanol–water partition coefficient (Wildman–Crippen LogP) is -0.966. The van der Waals surface area contributed by atoms with Crippen molar-refractivity contribution in [1.29, 1.82) is 0 Å². The fraction of sp³-hybridized carbons (Fsp3) is 0.417. The molecule has 0 aliphatic carbocycles. The van der Waals surface area contributed by atoms with Crippen LogP contribution in [0.15, 0.2) is 29.2 Å². The summed E-state index contributed by atoms with van der Waals surface area (Å²) in [5.74, 6) is -0.412. The van der Waals surface area contributed by atoms with Gasteiger partial charge in [-0.05, 0) is 17.7 Å². The molecule has 112 valence electrons. The molecule has 0 bridgehead atoms. The zero-order chi connectivity index (χ0) is 15.2. The maximum Gasteiger partial charge on any atom is 0.309 e. The van der Waals surface area contributed by atoms with Crippen molar-refractivity contribution >= 4 is 16.0 Å². The number of nitrogens with one attached hydrogen (secondary N) is 1. The van der Waals surface area contributed by atoms with E-state index < -0.39 is 28.7 Å². The minimum Gasteiger partial charge on any atom is -0.469 e. The quantitative estimate of drug-likeness (QED) is 0.559. The zero-order valence-electron chi connectivity index (χ0n) is 10.9. The standard InChI is InChI=1S/C12H17NO6S/c1-19-12(16)6-9-2-4-11(5-3-9)20(17,18)13-7-10(15)8-14/h2-5,10,13-15H,6-8H2,1H3. The van der Waals surface area contributed by atoms with E-state index in [1.165, 1.54) is 31.4 Å². The number of aliphatic hydroxyl groups excluding tert-OH is 2. The fourth-order valence-corrected chi connectivity index (χ4v) is 2.45. The summed E-state index contributed by atoms with van der Waals surface area (Å²) in [7, 11) is -2.48. The lowest BCUT2D eigenvalue weighted by Crippen LogP contribution is -2.33. The molecule has 0 heterocycles. The number of aliphatic hydroxyl groups is 2. The Balaban J connectivity index is 2.74. The first-order valence-electron chi connectivity index (χ1n) is 5.83. The second-order valence-electron chi connectivity index (χ2n) is 4.09. The van der Waals surface area contributed by atoms with Gasteiger partial charge >= 0.3 is 5.97 Å². The van der Waals surface area contributed by atoms with Crippen LogP contribution in [0.5, 0.6) is 0 Å². The second kappa shape index (κ2) is 7.34. The average Bonchev–Trinajstić information content (AvgIpc) is 2.45. The smallest absolute Gasteiger partial charge is 0.309 e. The van der Waals surface area contributed by atoms with E-state index in [1.807, 2.05) is 0 Å². The van der Waals surface area contributed by atoms with Crippen molar-refractivity contribution in [2.75, 3.05) is 20.3 Å². The number of rotatable bonds is 7. The van der Waals surface area contributed by atoms with E-state index in [0.29, 0.717) is 5.56 Å². The lowest BCUT2D eigenvalue weighted by atomic mass is 10.2. The molecule has 0 aliphatic rings. The largest absolute Gasteiger partial charge is 0.469 e. The van der Waals surface area contributed by atoms with Gasteiger partial charge in [0.1, 0.15) is 0 Å². The summed E-state index contributed by atoms with van der Waals surface area (Å²) in [6.45, 7) is -0.802. The van der Waals surface area contributed by atoms with Crippen molar-refractivity contribution in [3.63, 3.8) is 0 Å². The van der Waals surface area contributed by atoms with E-state index in [-0.39, 0.29) is 17.9 Å². The summed E-state index contributed by atoms with van der Waals surface area (Å²) in [6.07, 6.45) is -1.09. The van der Waals surface area contributed by atoms with E-state index in [0.717, 1.165) is 0 Å². The highest BCUT2D eigenvalue weighted by Gasteiger charge is 2.15. The van der Waals surface area contributed by atoms with Crippen LogP contribution in [-0.2, 0) is 26.0 Å². The third-order valence-corrected chi connectivity index (χ3v) is 3.97. The van der Waals surface area contributed by atoms with Gasteiger partial charge in [0.05, 0.1) is 31.1 Å².